The Morgan fingerprint density at radius 2 is 1.79 bits per heavy atom. The fourth-order valence-corrected chi connectivity index (χ4v) is 1.71. The third-order valence-corrected chi connectivity index (χ3v) is 2.67. The molecule has 0 radical (unpaired) electrons. The Balaban J connectivity index is 2.23. The first-order valence-corrected chi connectivity index (χ1v) is 5.51. The van der Waals surface area contributed by atoms with Crippen molar-refractivity contribution in [3.05, 3.63) is 65.0 Å². The lowest BCUT2D eigenvalue weighted by Gasteiger charge is -2.08. The van der Waals surface area contributed by atoms with Crippen molar-refractivity contribution in [2.24, 2.45) is 0 Å². The maximum Gasteiger partial charge on any atom is 0.416 e. The van der Waals surface area contributed by atoms with E-state index < -0.39 is 11.7 Å². The summed E-state index contributed by atoms with van der Waals surface area (Å²) in [5.41, 5.74) is 1.02. The molecule has 0 unspecified atom stereocenters. The van der Waals surface area contributed by atoms with Crippen LogP contribution in [0, 0.1) is 11.3 Å². The van der Waals surface area contributed by atoms with Crippen molar-refractivity contribution in [1.29, 1.82) is 5.26 Å². The van der Waals surface area contributed by atoms with Gasteiger partial charge in [0.15, 0.2) is 0 Å². The van der Waals surface area contributed by atoms with Crippen molar-refractivity contribution < 1.29 is 13.2 Å². The number of aromatic nitrogens is 1. The van der Waals surface area contributed by atoms with Crippen LogP contribution in [-0.2, 0) is 12.6 Å². The Labute approximate surface area is 108 Å². The molecule has 2 nitrogen and oxygen atoms in total. The molecule has 0 spiro atoms. The molecule has 0 saturated heterocycles. The standard InChI is InChI=1S/C14H9F3N2/c15-14(16,17)12-5-3-10(4-6-12)8-11-2-1-7-19-13(11)9-18/h1-7H,8H2. The van der Waals surface area contributed by atoms with E-state index in [9.17, 15) is 13.2 Å². The summed E-state index contributed by atoms with van der Waals surface area (Å²) in [6, 6.07) is 10.3. The lowest BCUT2D eigenvalue weighted by molar-refractivity contribution is -0.137. The number of hydrogen-bond donors (Lipinski definition) is 0. The first kappa shape index (κ1) is 13.1. The van der Waals surface area contributed by atoms with E-state index in [2.05, 4.69) is 4.98 Å². The van der Waals surface area contributed by atoms with E-state index in [1.165, 1.54) is 18.3 Å². The van der Waals surface area contributed by atoms with E-state index in [4.69, 9.17) is 5.26 Å². The number of halogens is 3. The number of pyridine rings is 1. The highest BCUT2D eigenvalue weighted by Crippen LogP contribution is 2.29. The summed E-state index contributed by atoms with van der Waals surface area (Å²) in [6.45, 7) is 0. The van der Waals surface area contributed by atoms with Crippen molar-refractivity contribution in [3.8, 4) is 6.07 Å². The van der Waals surface area contributed by atoms with Crippen LogP contribution in [0.2, 0.25) is 0 Å². The number of alkyl halides is 3. The molecule has 0 atom stereocenters. The minimum absolute atomic E-state index is 0.294. The van der Waals surface area contributed by atoms with Gasteiger partial charge in [-0.15, -0.1) is 0 Å². The molecule has 0 aliphatic carbocycles. The third kappa shape index (κ3) is 3.10. The van der Waals surface area contributed by atoms with Crippen LogP contribution < -0.4 is 0 Å². The summed E-state index contributed by atoms with van der Waals surface area (Å²) >= 11 is 0. The Hall–Kier alpha value is -2.35. The van der Waals surface area contributed by atoms with Gasteiger partial charge in [0, 0.05) is 12.6 Å². The van der Waals surface area contributed by atoms with Crippen LogP contribution in [0.4, 0.5) is 13.2 Å². The van der Waals surface area contributed by atoms with Gasteiger partial charge in [-0.2, -0.15) is 18.4 Å². The summed E-state index contributed by atoms with van der Waals surface area (Å²) in [7, 11) is 0. The van der Waals surface area contributed by atoms with Crippen molar-refractivity contribution in [2.45, 2.75) is 12.6 Å². The minimum atomic E-state index is -4.33. The summed E-state index contributed by atoms with van der Waals surface area (Å²) < 4.78 is 37.2. The summed E-state index contributed by atoms with van der Waals surface area (Å²) in [6.07, 6.45) is -2.44. The zero-order valence-electron chi connectivity index (χ0n) is 9.78. The van der Waals surface area contributed by atoms with Crippen LogP contribution in [0.3, 0.4) is 0 Å². The largest absolute Gasteiger partial charge is 0.416 e. The number of nitrogens with zero attached hydrogens (tertiary/aromatic N) is 2. The molecule has 0 aliphatic rings. The maximum atomic E-state index is 12.4. The molecule has 1 aromatic carbocycles. The van der Waals surface area contributed by atoms with Gasteiger partial charge in [-0.3, -0.25) is 0 Å². The second-order valence-electron chi connectivity index (χ2n) is 3.99. The molecule has 0 N–H and O–H groups in total. The minimum Gasteiger partial charge on any atom is -0.245 e. The van der Waals surface area contributed by atoms with Crippen LogP contribution in [0.1, 0.15) is 22.4 Å². The van der Waals surface area contributed by atoms with Gasteiger partial charge < -0.3 is 0 Å². The van der Waals surface area contributed by atoms with Gasteiger partial charge in [0.1, 0.15) is 11.8 Å². The lowest BCUT2D eigenvalue weighted by atomic mass is 10.0. The van der Waals surface area contributed by atoms with Gasteiger partial charge in [-0.05, 0) is 29.3 Å². The van der Waals surface area contributed by atoms with E-state index >= 15 is 0 Å². The first-order chi connectivity index (χ1) is 9.00. The van der Waals surface area contributed by atoms with E-state index in [-0.39, 0.29) is 0 Å². The molecule has 96 valence electrons. The number of rotatable bonds is 2. The van der Waals surface area contributed by atoms with Gasteiger partial charge >= 0.3 is 6.18 Å². The Morgan fingerprint density at radius 3 is 2.37 bits per heavy atom. The Bertz CT molecular complexity index is 610. The normalized spacial score (nSPS) is 11.1. The SMILES string of the molecule is N#Cc1ncccc1Cc1ccc(C(F)(F)F)cc1. The summed E-state index contributed by atoms with van der Waals surface area (Å²) in [5, 5.41) is 8.89. The van der Waals surface area contributed by atoms with Crippen molar-refractivity contribution in [3.63, 3.8) is 0 Å². The zero-order chi connectivity index (χ0) is 13.9. The molecule has 5 heteroatoms. The predicted octanol–water partition coefficient (Wildman–Crippen LogP) is 3.56. The molecule has 0 saturated carbocycles. The topological polar surface area (TPSA) is 36.7 Å². The van der Waals surface area contributed by atoms with Gasteiger partial charge in [-0.25, -0.2) is 4.98 Å². The number of nitriles is 1. The molecule has 2 rings (SSSR count). The average Bonchev–Trinajstić information content (AvgIpc) is 2.39. The van der Waals surface area contributed by atoms with Crippen LogP contribution >= 0.6 is 0 Å². The molecule has 0 aliphatic heterocycles. The van der Waals surface area contributed by atoms with Crippen LogP contribution in [0.5, 0.6) is 0 Å². The van der Waals surface area contributed by atoms with E-state index in [0.717, 1.165) is 12.1 Å². The maximum absolute atomic E-state index is 12.4. The van der Waals surface area contributed by atoms with Crippen LogP contribution in [0.15, 0.2) is 42.6 Å². The Morgan fingerprint density at radius 1 is 1.11 bits per heavy atom. The summed E-state index contributed by atoms with van der Waals surface area (Å²) in [5.74, 6) is 0. The van der Waals surface area contributed by atoms with Crippen molar-refractivity contribution >= 4 is 0 Å². The Kier molecular flexibility index (Phi) is 3.52. The number of hydrogen-bond acceptors (Lipinski definition) is 2. The van der Waals surface area contributed by atoms with Gasteiger partial charge in [0.2, 0.25) is 0 Å². The molecule has 1 aromatic heterocycles. The predicted molar refractivity (Wildman–Crippen MR) is 63.2 cm³/mol. The van der Waals surface area contributed by atoms with Crippen molar-refractivity contribution in [2.75, 3.05) is 0 Å². The molecule has 0 amide bonds. The van der Waals surface area contributed by atoms with Gasteiger partial charge in [-0.1, -0.05) is 18.2 Å². The summed E-state index contributed by atoms with van der Waals surface area (Å²) in [4.78, 5) is 3.91. The number of benzene rings is 1. The molecular weight excluding hydrogens is 253 g/mol. The molecule has 2 aromatic rings. The second-order valence-corrected chi connectivity index (χ2v) is 3.99. The molecule has 0 fully saturated rings. The molecule has 1 heterocycles. The highest BCUT2D eigenvalue weighted by atomic mass is 19.4. The van der Waals surface area contributed by atoms with Gasteiger partial charge in [0.05, 0.1) is 5.56 Å². The van der Waals surface area contributed by atoms with Gasteiger partial charge in [0.25, 0.3) is 0 Å². The van der Waals surface area contributed by atoms with E-state index in [0.29, 0.717) is 23.2 Å². The highest BCUT2D eigenvalue weighted by Gasteiger charge is 2.29. The monoisotopic (exact) mass is 262 g/mol. The molecule has 0 bridgehead atoms. The molecular formula is C14H9F3N2. The third-order valence-electron chi connectivity index (χ3n) is 2.67. The lowest BCUT2D eigenvalue weighted by Crippen LogP contribution is -2.04. The molecule has 19 heavy (non-hydrogen) atoms. The fourth-order valence-electron chi connectivity index (χ4n) is 1.71. The fraction of sp³-hybridized carbons (Fsp3) is 0.143. The van der Waals surface area contributed by atoms with Crippen molar-refractivity contribution in [1.82, 2.24) is 4.98 Å². The first-order valence-electron chi connectivity index (χ1n) is 5.51. The average molecular weight is 262 g/mol. The van der Waals surface area contributed by atoms with E-state index in [1.807, 2.05) is 6.07 Å². The zero-order valence-corrected chi connectivity index (χ0v) is 9.78. The smallest absolute Gasteiger partial charge is 0.245 e. The van der Waals surface area contributed by atoms with Crippen LogP contribution in [0.25, 0.3) is 0 Å². The quantitative estimate of drug-likeness (QED) is 0.829. The van der Waals surface area contributed by atoms with E-state index in [1.54, 1.807) is 12.1 Å². The van der Waals surface area contributed by atoms with Crippen LogP contribution in [-0.4, -0.2) is 4.98 Å². The second kappa shape index (κ2) is 5.11. The highest BCUT2D eigenvalue weighted by molar-refractivity contribution is 5.36.